The Morgan fingerprint density at radius 1 is 1.43 bits per heavy atom. The molecule has 0 fully saturated rings. The second kappa shape index (κ2) is 6.62. The molecule has 0 spiro atoms. The van der Waals surface area contributed by atoms with Crippen molar-refractivity contribution in [2.75, 3.05) is 19.7 Å². The number of aliphatic hydroxyl groups excluding tert-OH is 1. The van der Waals surface area contributed by atoms with E-state index in [2.05, 4.69) is 10.5 Å². The van der Waals surface area contributed by atoms with Crippen molar-refractivity contribution >= 4 is 5.84 Å². The molecule has 5 nitrogen and oxygen atoms in total. The van der Waals surface area contributed by atoms with Crippen LogP contribution in [0.2, 0.25) is 0 Å². The third kappa shape index (κ3) is 5.04. The number of nitrogens with zero attached hydrogens (tertiary/aromatic N) is 1. The van der Waals surface area contributed by atoms with E-state index in [0.717, 1.165) is 25.9 Å². The molecule has 0 rings (SSSR count). The molecule has 0 unspecified atom stereocenters. The maximum Gasteiger partial charge on any atom is 0.144 e. The van der Waals surface area contributed by atoms with E-state index >= 15 is 0 Å². The molecule has 0 atom stereocenters. The largest absolute Gasteiger partial charge is 0.409 e. The van der Waals surface area contributed by atoms with Crippen LogP contribution in [0.3, 0.4) is 0 Å². The highest BCUT2D eigenvalue weighted by Gasteiger charge is 2.22. The molecule has 0 radical (unpaired) electrons. The first-order chi connectivity index (χ1) is 6.54. The summed E-state index contributed by atoms with van der Waals surface area (Å²) in [6, 6.07) is 0. The Hall–Kier alpha value is -0.810. The molecule has 0 saturated heterocycles. The maximum atomic E-state index is 8.54. The number of amidine groups is 1. The minimum atomic E-state index is -0.291. The van der Waals surface area contributed by atoms with Crippen LogP contribution < -0.4 is 11.1 Å². The van der Waals surface area contributed by atoms with Crippen LogP contribution in [-0.2, 0) is 0 Å². The van der Waals surface area contributed by atoms with Crippen LogP contribution in [0.5, 0.6) is 0 Å². The molecule has 0 heterocycles. The lowest BCUT2D eigenvalue weighted by Gasteiger charge is -2.22. The van der Waals surface area contributed by atoms with Gasteiger partial charge in [-0.3, -0.25) is 0 Å². The Balaban J connectivity index is 3.66. The fourth-order valence-electron chi connectivity index (χ4n) is 0.993. The van der Waals surface area contributed by atoms with Gasteiger partial charge in [0.25, 0.3) is 0 Å². The van der Waals surface area contributed by atoms with Crippen LogP contribution in [0.25, 0.3) is 0 Å². The summed E-state index contributed by atoms with van der Waals surface area (Å²) in [5, 5.41) is 23.2. The molecule has 14 heavy (non-hydrogen) atoms. The summed E-state index contributed by atoms with van der Waals surface area (Å²) in [5.74, 6) is 0.251. The van der Waals surface area contributed by atoms with E-state index < -0.39 is 0 Å². The second-order valence-corrected chi connectivity index (χ2v) is 3.95. The molecule has 0 aromatic heterocycles. The van der Waals surface area contributed by atoms with Crippen molar-refractivity contribution < 1.29 is 10.3 Å². The SMILES string of the molecule is CC(C)(CCNCCCO)C(N)=NO. The summed E-state index contributed by atoms with van der Waals surface area (Å²) in [6.45, 7) is 5.65. The van der Waals surface area contributed by atoms with Crippen molar-refractivity contribution in [3.8, 4) is 0 Å². The van der Waals surface area contributed by atoms with Gasteiger partial charge >= 0.3 is 0 Å². The Bertz CT molecular complexity index is 181. The Labute approximate surface area is 85.0 Å². The standard InChI is InChI=1S/C9H21N3O2/c1-9(2,8(10)12-14)4-6-11-5-3-7-13/h11,13-14H,3-7H2,1-2H3,(H2,10,12). The lowest BCUT2D eigenvalue weighted by atomic mass is 9.88. The number of oxime groups is 1. The van der Waals surface area contributed by atoms with E-state index in [-0.39, 0.29) is 17.9 Å². The van der Waals surface area contributed by atoms with Crippen LogP contribution in [0.1, 0.15) is 26.7 Å². The van der Waals surface area contributed by atoms with Crippen LogP contribution >= 0.6 is 0 Å². The first-order valence-corrected chi connectivity index (χ1v) is 4.84. The number of nitrogens with one attached hydrogen (secondary N) is 1. The highest BCUT2D eigenvalue weighted by atomic mass is 16.4. The van der Waals surface area contributed by atoms with Crippen molar-refractivity contribution in [1.29, 1.82) is 0 Å². The zero-order chi connectivity index (χ0) is 11.0. The lowest BCUT2D eigenvalue weighted by molar-refractivity contribution is 0.284. The van der Waals surface area contributed by atoms with Crippen LogP contribution in [-0.4, -0.2) is 35.8 Å². The molecule has 5 N–H and O–H groups in total. The average molecular weight is 203 g/mol. The normalized spacial score (nSPS) is 13.2. The van der Waals surface area contributed by atoms with Gasteiger partial charge < -0.3 is 21.4 Å². The van der Waals surface area contributed by atoms with Crippen LogP contribution in [0.4, 0.5) is 0 Å². The van der Waals surface area contributed by atoms with Gasteiger partial charge in [0.2, 0.25) is 0 Å². The predicted octanol–water partition coefficient (Wildman–Crippen LogP) is 0.121. The van der Waals surface area contributed by atoms with E-state index in [1.807, 2.05) is 13.8 Å². The predicted molar refractivity (Wildman–Crippen MR) is 56.4 cm³/mol. The molecule has 0 amide bonds. The van der Waals surface area contributed by atoms with Crippen LogP contribution in [0.15, 0.2) is 5.16 Å². The summed E-state index contributed by atoms with van der Waals surface area (Å²) in [6.07, 6.45) is 1.55. The van der Waals surface area contributed by atoms with Crippen LogP contribution in [0, 0.1) is 5.41 Å². The van der Waals surface area contributed by atoms with Crippen molar-refractivity contribution in [3.63, 3.8) is 0 Å². The van der Waals surface area contributed by atoms with Crippen molar-refractivity contribution in [3.05, 3.63) is 0 Å². The molecule has 0 saturated carbocycles. The second-order valence-electron chi connectivity index (χ2n) is 3.95. The zero-order valence-corrected chi connectivity index (χ0v) is 8.95. The summed E-state index contributed by atoms with van der Waals surface area (Å²) < 4.78 is 0. The van der Waals surface area contributed by atoms with Gasteiger partial charge in [-0.25, -0.2) is 0 Å². The van der Waals surface area contributed by atoms with E-state index in [9.17, 15) is 0 Å². The van der Waals surface area contributed by atoms with Gasteiger partial charge in [-0.15, -0.1) is 0 Å². The number of rotatable bonds is 7. The van der Waals surface area contributed by atoms with Gasteiger partial charge in [0.1, 0.15) is 5.84 Å². The third-order valence-electron chi connectivity index (χ3n) is 2.24. The van der Waals surface area contributed by atoms with Gasteiger partial charge in [0.15, 0.2) is 0 Å². The maximum absolute atomic E-state index is 8.54. The molecule has 0 aromatic carbocycles. The zero-order valence-electron chi connectivity index (χ0n) is 8.95. The Kier molecular flexibility index (Phi) is 6.23. The van der Waals surface area contributed by atoms with Gasteiger partial charge in [-0.05, 0) is 25.9 Å². The quantitative estimate of drug-likeness (QED) is 0.155. The lowest BCUT2D eigenvalue weighted by Crippen LogP contribution is -2.35. The minimum absolute atomic E-state index is 0.205. The van der Waals surface area contributed by atoms with Crippen molar-refractivity contribution in [2.24, 2.45) is 16.3 Å². The third-order valence-corrected chi connectivity index (χ3v) is 2.24. The Morgan fingerprint density at radius 3 is 2.57 bits per heavy atom. The fraction of sp³-hybridized carbons (Fsp3) is 0.889. The molecule has 0 aliphatic carbocycles. The smallest absolute Gasteiger partial charge is 0.144 e. The average Bonchev–Trinajstić information content (AvgIpc) is 2.16. The first kappa shape index (κ1) is 13.2. The molecular formula is C9H21N3O2. The number of aliphatic hydroxyl groups is 1. The fourth-order valence-corrected chi connectivity index (χ4v) is 0.993. The number of hydrogen-bond acceptors (Lipinski definition) is 4. The molecule has 0 aliphatic rings. The topological polar surface area (TPSA) is 90.9 Å². The monoisotopic (exact) mass is 203 g/mol. The van der Waals surface area contributed by atoms with Gasteiger partial charge in [0, 0.05) is 12.0 Å². The highest BCUT2D eigenvalue weighted by Crippen LogP contribution is 2.19. The summed E-state index contributed by atoms with van der Waals surface area (Å²) in [4.78, 5) is 0. The molecule has 5 heteroatoms. The molecular weight excluding hydrogens is 182 g/mol. The van der Waals surface area contributed by atoms with Gasteiger partial charge in [-0.2, -0.15) is 0 Å². The van der Waals surface area contributed by atoms with E-state index in [1.165, 1.54) is 0 Å². The van der Waals surface area contributed by atoms with Gasteiger partial charge in [-0.1, -0.05) is 19.0 Å². The number of nitrogens with two attached hydrogens (primary N) is 1. The molecule has 0 aliphatic heterocycles. The number of hydrogen-bond donors (Lipinski definition) is 4. The Morgan fingerprint density at radius 2 is 2.07 bits per heavy atom. The first-order valence-electron chi connectivity index (χ1n) is 4.84. The molecule has 0 aromatic rings. The highest BCUT2D eigenvalue weighted by molar-refractivity contribution is 5.85. The van der Waals surface area contributed by atoms with Gasteiger partial charge in [0.05, 0.1) is 0 Å². The van der Waals surface area contributed by atoms with E-state index in [0.29, 0.717) is 0 Å². The molecule has 84 valence electrons. The minimum Gasteiger partial charge on any atom is -0.409 e. The summed E-state index contributed by atoms with van der Waals surface area (Å²) in [5.41, 5.74) is 5.23. The summed E-state index contributed by atoms with van der Waals surface area (Å²) in [7, 11) is 0. The van der Waals surface area contributed by atoms with Crippen molar-refractivity contribution in [2.45, 2.75) is 26.7 Å². The van der Waals surface area contributed by atoms with Crippen molar-refractivity contribution in [1.82, 2.24) is 5.32 Å². The molecule has 0 bridgehead atoms. The van der Waals surface area contributed by atoms with E-state index in [4.69, 9.17) is 16.0 Å². The van der Waals surface area contributed by atoms with E-state index in [1.54, 1.807) is 0 Å². The summed E-state index contributed by atoms with van der Waals surface area (Å²) >= 11 is 0.